The summed E-state index contributed by atoms with van der Waals surface area (Å²) in [7, 11) is 9.23. The van der Waals surface area contributed by atoms with Crippen molar-refractivity contribution in [3.63, 3.8) is 0 Å². The lowest BCUT2D eigenvalue weighted by Gasteiger charge is -2.31. The summed E-state index contributed by atoms with van der Waals surface area (Å²) in [5, 5.41) is 41.0. The van der Waals surface area contributed by atoms with E-state index in [1.807, 2.05) is 108 Å². The van der Waals surface area contributed by atoms with Crippen LogP contribution in [0.25, 0.3) is 54.5 Å². The minimum atomic E-state index is -0.686. The van der Waals surface area contributed by atoms with Crippen LogP contribution in [0.1, 0.15) is 145 Å². The number of rotatable bonds is 25. The number of benzene rings is 5. The number of anilines is 7. The number of ether oxygens (including phenoxy) is 10. The van der Waals surface area contributed by atoms with Crippen molar-refractivity contribution in [3.8, 4) is 29.4 Å². The van der Waals surface area contributed by atoms with Crippen molar-refractivity contribution >= 4 is 124 Å². The third kappa shape index (κ3) is 26.1. The van der Waals surface area contributed by atoms with E-state index in [1.54, 1.807) is 115 Å². The Hall–Kier alpha value is -15.1. The van der Waals surface area contributed by atoms with Gasteiger partial charge in [-0.1, -0.05) is 52.3 Å². The number of halogens is 1. The predicted molar refractivity (Wildman–Crippen MR) is 534 cm³/mol. The van der Waals surface area contributed by atoms with Crippen LogP contribution in [-0.4, -0.2) is 200 Å². The number of nitrogens with zero attached hydrogens (tertiary/aromatic N) is 15. The first kappa shape index (κ1) is 100. The molecule has 3 saturated heterocycles. The molecule has 10 aromatic heterocycles. The molecule has 0 spiro atoms. The highest BCUT2D eigenvalue weighted by molar-refractivity contribution is 6.09. The summed E-state index contributed by atoms with van der Waals surface area (Å²) in [5.41, 5.74) is 21.4. The van der Waals surface area contributed by atoms with Gasteiger partial charge in [0.25, 0.3) is 29.5 Å². The van der Waals surface area contributed by atoms with Crippen molar-refractivity contribution in [2.45, 2.75) is 117 Å². The van der Waals surface area contributed by atoms with Gasteiger partial charge in [0.2, 0.25) is 35.3 Å². The second kappa shape index (κ2) is 46.6. The lowest BCUT2D eigenvalue weighted by Crippen LogP contribution is -2.33. The maximum atomic E-state index is 13.2. The van der Waals surface area contributed by atoms with E-state index in [1.165, 1.54) is 75.5 Å². The molecule has 5 aromatic carbocycles. The molecule has 0 bridgehead atoms. The number of hydrogen-bond acceptors (Lipinski definition) is 27. The van der Waals surface area contributed by atoms with Crippen molar-refractivity contribution in [2.24, 2.45) is 58.4 Å². The maximum Gasteiger partial charge on any atom is 0.276 e. The molecule has 9 N–H and O–H groups in total. The smallest absolute Gasteiger partial charge is 0.276 e. The number of carbonyl (C=O) groups is 5. The lowest BCUT2D eigenvalue weighted by atomic mass is 9.91. The van der Waals surface area contributed by atoms with Crippen LogP contribution in [0.3, 0.4) is 0 Å². The zero-order chi connectivity index (χ0) is 97.9. The molecule has 3 aliphatic heterocycles. The highest BCUT2D eigenvalue weighted by Gasteiger charge is 2.33. The number of aromatic nitrogens is 15. The van der Waals surface area contributed by atoms with E-state index in [9.17, 15) is 28.4 Å². The van der Waals surface area contributed by atoms with Gasteiger partial charge in [0.1, 0.15) is 42.5 Å². The standard InChI is InChI=1S/C22H26N4O3.C22H26N4O2.C20H21FN4O2.2C19H21N5O4.CH4/c1-14-10-16(11-15(2)29-14)13-28-22-18-8-7-17(12-20(18)26(3)25-22)24-21(27)19-6-4-5-9-23-19;1-22(2)10-9-15(13-22)14-28-21-17-8-7-16(12-19(17)26(3)25-21)24-20(27)18-6-4-5-11-23-18;1-25-17-11-14(22-19(26)16-7-4-8-18(21)23-16)9-10-15(17)20(24-25)27-12-13-5-2-3-6-13;2*1-24-16-9-12(22-18(25)17-15(20)3-2-6-21-17)4-5-14(16)19(23-24)28-11-13-10-26-7-8-27-13;/h4-9,12,14-16H,10-11,13H2,1-3H3,(H,24,27);4-8,11-12,15H,9-10,13-14H2,1-3H3,(H,24,27);4,7-11,13H,2-3,5-6,12H2,1H3,(H,22,26);2*2-6,9,13H,7-8,10-11,20H2,1H3,(H,22,25);1H4/t;;;2*13-;/m...10./s1. The van der Waals surface area contributed by atoms with E-state index >= 15 is 0 Å². The Morgan fingerprint density at radius 3 is 1.09 bits per heavy atom. The number of amides is 5. The van der Waals surface area contributed by atoms with Crippen molar-refractivity contribution in [3.05, 3.63) is 229 Å². The van der Waals surface area contributed by atoms with Gasteiger partial charge in [-0.15, -0.1) is 25.5 Å². The van der Waals surface area contributed by atoms with Crippen LogP contribution in [-0.2, 0) is 58.9 Å². The molecule has 5 aliphatic rings. The van der Waals surface area contributed by atoms with Gasteiger partial charge in [-0.3, -0.25) is 57.3 Å². The van der Waals surface area contributed by atoms with E-state index in [0.717, 1.165) is 67.4 Å². The first-order chi connectivity index (χ1) is 67.7. The van der Waals surface area contributed by atoms with Crippen molar-refractivity contribution in [1.82, 2.24) is 73.8 Å². The van der Waals surface area contributed by atoms with Crippen molar-refractivity contribution in [2.75, 3.05) is 111 Å². The van der Waals surface area contributed by atoms with Gasteiger partial charge in [-0.2, -0.15) is 4.39 Å². The van der Waals surface area contributed by atoms with Crippen molar-refractivity contribution in [1.29, 1.82) is 0 Å². The Morgan fingerprint density at radius 1 is 0.404 bits per heavy atom. The Morgan fingerprint density at radius 2 is 0.752 bits per heavy atom. The highest BCUT2D eigenvalue weighted by atomic mass is 19.1. The second-order valence-electron chi connectivity index (χ2n) is 35.9. The number of hydrogen-bond donors (Lipinski definition) is 7. The number of nitrogen functional groups attached to an aromatic ring is 2. The zero-order valence-corrected chi connectivity index (χ0v) is 79.5. The fraction of sp³-hybridized carbons (Fsp3) is 0.369. The van der Waals surface area contributed by atoms with Crippen molar-refractivity contribution < 1.29 is 75.7 Å². The molecule has 5 atom stereocenters. The van der Waals surface area contributed by atoms with E-state index < -0.39 is 11.9 Å². The van der Waals surface area contributed by atoms with Crippen LogP contribution in [0.4, 0.5) is 44.2 Å². The average Bonchev–Trinajstić information content (AvgIpc) is 1.67. The molecule has 5 amide bonds. The summed E-state index contributed by atoms with van der Waals surface area (Å²) >= 11 is 0. The molecular weight excluding hydrogens is 1800 g/mol. The molecule has 13 heterocycles. The molecule has 37 nitrogen and oxygen atoms in total. The topological polar surface area (TPSA) is 443 Å². The minimum Gasteiger partial charge on any atom is -0.476 e. The summed E-state index contributed by atoms with van der Waals surface area (Å²) in [5.74, 6) is 2.21. The summed E-state index contributed by atoms with van der Waals surface area (Å²) in [6, 6.07) is 49.1. The molecule has 15 aromatic rings. The first-order valence-electron chi connectivity index (χ1n) is 46.7. The third-order valence-electron chi connectivity index (χ3n) is 24.5. The van der Waals surface area contributed by atoms with Crippen LogP contribution >= 0.6 is 0 Å². The maximum absolute atomic E-state index is 13.2. The van der Waals surface area contributed by atoms with Gasteiger partial charge >= 0.3 is 0 Å². The Bertz CT molecular complexity index is 6680. The number of pyridine rings is 5. The fourth-order valence-corrected chi connectivity index (χ4v) is 17.5. The monoisotopic (exact) mass is 1920 g/mol. The molecule has 738 valence electrons. The highest BCUT2D eigenvalue weighted by Crippen LogP contribution is 2.42. The number of fused-ring (bicyclic) bond motifs is 5. The Labute approximate surface area is 814 Å². The largest absolute Gasteiger partial charge is 0.476 e. The van der Waals surface area contributed by atoms with E-state index in [-0.39, 0.29) is 72.6 Å². The molecule has 3 unspecified atom stereocenters. The summed E-state index contributed by atoms with van der Waals surface area (Å²) < 4.78 is 79.4. The molecular formula is C103H119FN22O15. The Balaban J connectivity index is 0.000000133. The molecule has 2 aliphatic carbocycles. The summed E-state index contributed by atoms with van der Waals surface area (Å²) in [4.78, 5) is 81.6. The normalized spacial score (nSPS) is 17.6. The van der Waals surface area contributed by atoms with E-state index in [2.05, 4.69) is 105 Å². The molecule has 0 radical (unpaired) electrons. The molecule has 141 heavy (non-hydrogen) atoms. The van der Waals surface area contributed by atoms with Gasteiger partial charge < -0.3 is 85.4 Å². The van der Waals surface area contributed by atoms with Crippen LogP contribution < -0.4 is 61.7 Å². The number of aryl methyl sites for hydroxylation is 5. The molecule has 20 rings (SSSR count). The summed E-state index contributed by atoms with van der Waals surface area (Å²) in [6.45, 7) is 15.0. The summed E-state index contributed by atoms with van der Waals surface area (Å²) in [6.07, 6.45) is 17.2. The van der Waals surface area contributed by atoms with Gasteiger partial charge in [0.15, 0.2) is 11.4 Å². The molecule has 38 heteroatoms. The van der Waals surface area contributed by atoms with Crippen LogP contribution in [0.5, 0.6) is 29.4 Å². The number of carbonyl (C=O) groups excluding carboxylic acids is 5. The zero-order valence-electron chi connectivity index (χ0n) is 79.5. The fourth-order valence-electron chi connectivity index (χ4n) is 17.5. The van der Waals surface area contributed by atoms with Gasteiger partial charge in [-0.25, -0.2) is 15.0 Å². The molecule has 2 saturated carbocycles. The lowest BCUT2D eigenvalue weighted by molar-refractivity contribution is -0.101. The third-order valence-corrected chi connectivity index (χ3v) is 24.5. The Kier molecular flexibility index (Phi) is 33.1. The van der Waals surface area contributed by atoms with Gasteiger partial charge in [-0.05, 0) is 234 Å². The quantitative estimate of drug-likeness (QED) is 0.0261. The minimum absolute atomic E-state index is 0. The van der Waals surface area contributed by atoms with Crippen LogP contribution in [0, 0.1) is 29.1 Å². The SMILES string of the molecule is C.CC1CC(COc2nn(C)c3cc(NC(=O)c4ccccn4)ccc23)CC(C)O1.Cn1nc(OCC2CCC(C)(C)C2)c2ccc(NC(=O)c3ccccn3)cc21.Cn1nc(OCC2CCCC2)c2ccc(NC(=O)c3cccc(F)n3)cc21.Cn1nc(OC[C@@H]2COCCO2)c2ccc(NC(=O)c3ncccc3N)cc21.Cn1nc(OC[C@H]2COCCO2)c2ccc(NC(=O)c3ncccc3N)cc21. The van der Waals surface area contributed by atoms with Gasteiger partial charge in [0, 0.05) is 88.5 Å². The second-order valence-corrected chi connectivity index (χ2v) is 35.9. The van der Waals surface area contributed by atoms with Crippen LogP contribution in [0.2, 0.25) is 0 Å². The first-order valence-corrected chi connectivity index (χ1v) is 46.7. The number of nitrogens with two attached hydrogens (primary N) is 2. The van der Waals surface area contributed by atoms with E-state index in [4.69, 9.17) is 58.8 Å². The van der Waals surface area contributed by atoms with E-state index in [0.29, 0.717) is 176 Å². The molecule has 5 fully saturated rings. The predicted octanol–water partition coefficient (Wildman–Crippen LogP) is 16.0. The number of nitrogens with one attached hydrogen (secondary N) is 5. The van der Waals surface area contributed by atoms with Gasteiger partial charge in [0.05, 0.1) is 138 Å². The average molecular weight is 1920 g/mol. The van der Waals surface area contributed by atoms with Crippen LogP contribution in [0.15, 0.2) is 195 Å².